The molecular formula is C29H21ClF2N2O3. The highest BCUT2D eigenvalue weighted by Gasteiger charge is 2.36. The first-order valence-corrected chi connectivity index (χ1v) is 12.1. The average molecular weight is 519 g/mol. The van der Waals surface area contributed by atoms with Crippen molar-refractivity contribution in [1.82, 2.24) is 9.47 Å². The van der Waals surface area contributed by atoms with Crippen molar-refractivity contribution in [3.63, 3.8) is 0 Å². The minimum absolute atomic E-state index is 0.0150. The molecule has 2 heterocycles. The zero-order valence-electron chi connectivity index (χ0n) is 19.8. The Hall–Kier alpha value is -4.10. The predicted molar refractivity (Wildman–Crippen MR) is 135 cm³/mol. The number of benzene rings is 3. The number of hydrogen-bond donors (Lipinski definition) is 0. The topological polar surface area (TPSA) is 59.4 Å². The third kappa shape index (κ3) is 4.25. The maximum Gasteiger partial charge on any atom is 0.261 e. The fraction of sp³-hybridized carbons (Fsp3) is 0.138. The van der Waals surface area contributed by atoms with Crippen LogP contribution in [0.1, 0.15) is 61.2 Å². The first-order valence-electron chi connectivity index (χ1n) is 11.7. The van der Waals surface area contributed by atoms with Crippen LogP contribution in [0.4, 0.5) is 8.78 Å². The van der Waals surface area contributed by atoms with Crippen molar-refractivity contribution >= 4 is 29.2 Å². The standard InChI is InChI=1S/C29H21ClF2N2O3/c1-2-6-17-13-14-33(25(17)16-34-28(36)19-7-3-4-8-20(19)29(34)37)24-12-11-18(30)15-21(24)27(35)26-22(31)9-5-10-23(26)32/h3-5,7-15H,2,6,16H2,1H3. The van der Waals surface area contributed by atoms with Crippen LogP contribution in [0, 0.1) is 11.6 Å². The molecule has 0 spiro atoms. The molecule has 0 fully saturated rings. The van der Waals surface area contributed by atoms with Crippen LogP contribution < -0.4 is 0 Å². The predicted octanol–water partition coefficient (Wildman–Crippen LogP) is 6.39. The van der Waals surface area contributed by atoms with Gasteiger partial charge in [0, 0.05) is 22.5 Å². The van der Waals surface area contributed by atoms with E-state index < -0.39 is 34.8 Å². The minimum Gasteiger partial charge on any atom is -0.318 e. The van der Waals surface area contributed by atoms with E-state index in [4.69, 9.17) is 11.6 Å². The summed E-state index contributed by atoms with van der Waals surface area (Å²) in [4.78, 5) is 40.7. The van der Waals surface area contributed by atoms with E-state index in [0.717, 1.165) is 24.1 Å². The molecule has 0 N–H and O–H groups in total. The normalized spacial score (nSPS) is 12.8. The number of carbonyl (C=O) groups is 3. The van der Waals surface area contributed by atoms with Gasteiger partial charge in [-0.25, -0.2) is 8.78 Å². The van der Waals surface area contributed by atoms with Crippen LogP contribution in [-0.4, -0.2) is 27.1 Å². The van der Waals surface area contributed by atoms with Crippen LogP contribution in [0.25, 0.3) is 5.69 Å². The van der Waals surface area contributed by atoms with E-state index in [1.807, 2.05) is 13.0 Å². The van der Waals surface area contributed by atoms with Crippen LogP contribution in [0.3, 0.4) is 0 Å². The molecular weight excluding hydrogens is 498 g/mol. The number of amides is 2. The van der Waals surface area contributed by atoms with Gasteiger partial charge in [-0.1, -0.05) is 43.1 Å². The second-order valence-electron chi connectivity index (χ2n) is 8.74. The summed E-state index contributed by atoms with van der Waals surface area (Å²) in [5.41, 5.74) is 1.78. The monoisotopic (exact) mass is 518 g/mol. The molecule has 0 saturated carbocycles. The summed E-state index contributed by atoms with van der Waals surface area (Å²) in [5, 5.41) is 0.215. The molecule has 3 aromatic carbocycles. The Morgan fingerprint density at radius 2 is 1.54 bits per heavy atom. The van der Waals surface area contributed by atoms with Gasteiger partial charge in [0.2, 0.25) is 5.78 Å². The Kier molecular flexibility index (Phi) is 6.48. The number of hydrogen-bond acceptors (Lipinski definition) is 3. The lowest BCUT2D eigenvalue weighted by Crippen LogP contribution is -2.30. The minimum atomic E-state index is -0.985. The zero-order valence-corrected chi connectivity index (χ0v) is 20.6. The summed E-state index contributed by atoms with van der Waals surface area (Å²) in [6.07, 6.45) is 3.17. The molecule has 0 aliphatic carbocycles. The van der Waals surface area contributed by atoms with Gasteiger partial charge in [-0.3, -0.25) is 19.3 Å². The number of fused-ring (bicyclic) bond motifs is 1. The number of imide groups is 1. The van der Waals surface area contributed by atoms with Gasteiger partial charge < -0.3 is 4.57 Å². The van der Waals surface area contributed by atoms with Crippen LogP contribution in [0.5, 0.6) is 0 Å². The van der Waals surface area contributed by atoms with Gasteiger partial charge in [0.05, 0.1) is 28.9 Å². The molecule has 0 unspecified atom stereocenters. The van der Waals surface area contributed by atoms with Crippen molar-refractivity contribution in [2.45, 2.75) is 26.3 Å². The molecule has 5 rings (SSSR count). The Morgan fingerprint density at radius 1 is 0.892 bits per heavy atom. The van der Waals surface area contributed by atoms with Crippen LogP contribution >= 0.6 is 11.6 Å². The van der Waals surface area contributed by atoms with Crippen LogP contribution in [0.2, 0.25) is 5.02 Å². The molecule has 1 aliphatic rings. The van der Waals surface area contributed by atoms with Crippen molar-refractivity contribution in [3.05, 3.63) is 123 Å². The smallest absolute Gasteiger partial charge is 0.261 e. The van der Waals surface area contributed by atoms with Crippen molar-refractivity contribution in [1.29, 1.82) is 0 Å². The van der Waals surface area contributed by atoms with Gasteiger partial charge >= 0.3 is 0 Å². The van der Waals surface area contributed by atoms with E-state index in [0.29, 0.717) is 28.9 Å². The summed E-state index contributed by atoms with van der Waals surface area (Å²) in [6.45, 7) is 1.96. The first kappa shape index (κ1) is 24.6. The largest absolute Gasteiger partial charge is 0.318 e. The number of halogens is 3. The highest BCUT2D eigenvalue weighted by molar-refractivity contribution is 6.31. The third-order valence-electron chi connectivity index (χ3n) is 6.44. The highest BCUT2D eigenvalue weighted by atomic mass is 35.5. The lowest BCUT2D eigenvalue weighted by molar-refractivity contribution is 0.0639. The molecule has 5 nitrogen and oxygen atoms in total. The third-order valence-corrected chi connectivity index (χ3v) is 6.68. The van der Waals surface area contributed by atoms with Crippen molar-refractivity contribution in [2.24, 2.45) is 0 Å². The van der Waals surface area contributed by atoms with E-state index in [2.05, 4.69) is 0 Å². The molecule has 1 aliphatic heterocycles. The molecule has 37 heavy (non-hydrogen) atoms. The second-order valence-corrected chi connectivity index (χ2v) is 9.17. The van der Waals surface area contributed by atoms with Crippen molar-refractivity contribution < 1.29 is 23.2 Å². The number of rotatable bonds is 7. The maximum absolute atomic E-state index is 14.5. The molecule has 1 aromatic heterocycles. The lowest BCUT2D eigenvalue weighted by atomic mass is 10.00. The first-order chi connectivity index (χ1) is 17.8. The fourth-order valence-electron chi connectivity index (χ4n) is 4.69. The molecule has 0 atom stereocenters. The maximum atomic E-state index is 14.5. The molecule has 186 valence electrons. The Balaban J connectivity index is 1.63. The summed E-state index contributed by atoms with van der Waals surface area (Å²) in [5.74, 6) is -3.65. The number of aromatic nitrogens is 1. The fourth-order valence-corrected chi connectivity index (χ4v) is 4.86. The van der Waals surface area contributed by atoms with Crippen LogP contribution in [0.15, 0.2) is 72.9 Å². The van der Waals surface area contributed by atoms with E-state index in [1.54, 1.807) is 47.2 Å². The lowest BCUT2D eigenvalue weighted by Gasteiger charge is -2.20. The number of carbonyl (C=O) groups excluding carboxylic acids is 3. The van der Waals surface area contributed by atoms with E-state index in [-0.39, 0.29) is 17.1 Å². The Morgan fingerprint density at radius 3 is 2.16 bits per heavy atom. The Bertz CT molecular complexity index is 1520. The average Bonchev–Trinajstić information content (AvgIpc) is 3.38. The van der Waals surface area contributed by atoms with E-state index in [1.165, 1.54) is 17.0 Å². The van der Waals surface area contributed by atoms with Crippen molar-refractivity contribution in [3.8, 4) is 5.69 Å². The molecule has 0 bridgehead atoms. The van der Waals surface area contributed by atoms with Crippen LogP contribution in [-0.2, 0) is 13.0 Å². The van der Waals surface area contributed by atoms with Crippen molar-refractivity contribution in [2.75, 3.05) is 0 Å². The van der Waals surface area contributed by atoms with Gasteiger partial charge in [-0.15, -0.1) is 0 Å². The van der Waals surface area contributed by atoms with E-state index in [9.17, 15) is 23.2 Å². The molecule has 0 saturated heterocycles. The zero-order chi connectivity index (χ0) is 26.3. The van der Waals surface area contributed by atoms with Gasteiger partial charge in [-0.05, 0) is 60.5 Å². The number of nitrogens with zero attached hydrogens (tertiary/aromatic N) is 2. The summed E-state index contributed by atoms with van der Waals surface area (Å²) in [7, 11) is 0. The van der Waals surface area contributed by atoms with Gasteiger partial charge in [-0.2, -0.15) is 0 Å². The molecule has 2 amide bonds. The van der Waals surface area contributed by atoms with Gasteiger partial charge in [0.25, 0.3) is 11.8 Å². The quantitative estimate of drug-likeness (QED) is 0.210. The number of aryl methyl sites for hydroxylation is 1. The molecule has 4 aromatic rings. The molecule has 8 heteroatoms. The Labute approximate surface area is 216 Å². The number of ketones is 1. The van der Waals surface area contributed by atoms with E-state index >= 15 is 0 Å². The highest BCUT2D eigenvalue weighted by Crippen LogP contribution is 2.31. The summed E-state index contributed by atoms with van der Waals surface area (Å²) < 4.78 is 30.7. The SMILES string of the molecule is CCCc1ccn(-c2ccc(Cl)cc2C(=O)c2c(F)cccc2F)c1CN1C(=O)c2ccccc2C1=O. The van der Waals surface area contributed by atoms with Gasteiger partial charge in [0.1, 0.15) is 11.6 Å². The molecule has 0 radical (unpaired) electrons. The summed E-state index contributed by atoms with van der Waals surface area (Å²) in [6, 6.07) is 16.2. The summed E-state index contributed by atoms with van der Waals surface area (Å²) >= 11 is 6.19. The van der Waals surface area contributed by atoms with Gasteiger partial charge in [0.15, 0.2) is 0 Å². The second kappa shape index (κ2) is 9.75.